The lowest BCUT2D eigenvalue weighted by molar-refractivity contribution is -0.384. The summed E-state index contributed by atoms with van der Waals surface area (Å²) in [6, 6.07) is 13.6. The monoisotopic (exact) mass is 449 g/mol. The molecule has 0 radical (unpaired) electrons. The summed E-state index contributed by atoms with van der Waals surface area (Å²) in [6.45, 7) is 1.80. The predicted molar refractivity (Wildman–Crippen MR) is 120 cm³/mol. The average molecular weight is 449 g/mol. The van der Waals surface area contributed by atoms with Crippen molar-refractivity contribution in [1.29, 1.82) is 0 Å². The van der Waals surface area contributed by atoms with E-state index in [1.807, 2.05) is 5.38 Å². The Kier molecular flexibility index (Phi) is 5.86. The van der Waals surface area contributed by atoms with Gasteiger partial charge in [-0.05, 0) is 55.0 Å². The van der Waals surface area contributed by atoms with Crippen LogP contribution in [-0.2, 0) is 4.79 Å². The molecule has 0 bridgehead atoms. The van der Waals surface area contributed by atoms with Gasteiger partial charge in [0.25, 0.3) is 5.69 Å². The van der Waals surface area contributed by atoms with E-state index in [1.54, 1.807) is 43.3 Å². The Hall–Kier alpha value is -4.18. The van der Waals surface area contributed by atoms with E-state index in [9.17, 15) is 19.3 Å². The number of carbonyl (C=O) groups excluding carboxylic acids is 1. The largest absolute Gasteiger partial charge is 0.307 e. The van der Waals surface area contributed by atoms with Crippen LogP contribution in [0.15, 0.2) is 66.1 Å². The van der Waals surface area contributed by atoms with Gasteiger partial charge in [0.15, 0.2) is 0 Å². The number of anilines is 1. The molecule has 0 spiro atoms. The summed E-state index contributed by atoms with van der Waals surface area (Å²) in [4.78, 5) is 27.2. The first kappa shape index (κ1) is 21.1. The Balaban J connectivity index is 1.50. The quantitative estimate of drug-likeness (QED) is 0.253. The molecule has 10 heteroatoms. The highest BCUT2D eigenvalue weighted by Gasteiger charge is 2.14. The van der Waals surface area contributed by atoms with Gasteiger partial charge in [0.2, 0.25) is 11.0 Å². The molecular weight excluding hydrogens is 433 g/mol. The van der Waals surface area contributed by atoms with E-state index >= 15 is 0 Å². The van der Waals surface area contributed by atoms with Crippen molar-refractivity contribution in [3.05, 3.63) is 93.2 Å². The van der Waals surface area contributed by atoms with Gasteiger partial charge in [-0.3, -0.25) is 14.9 Å². The fourth-order valence-corrected chi connectivity index (χ4v) is 3.69. The fourth-order valence-electron chi connectivity index (χ4n) is 2.90. The number of halogens is 1. The standard InChI is InChI=1S/C22H16FN5O3S/c1-14-12-20(25-21(29)11-4-15-2-9-18(10-3-15)28(30)31)27(26-14)22-24-19(13-32-22)16-5-7-17(23)8-6-16/h2-13H,1H3,(H,25,29). The number of benzene rings is 2. The fraction of sp³-hybridized carbons (Fsp3) is 0.0455. The van der Waals surface area contributed by atoms with Crippen molar-refractivity contribution in [2.75, 3.05) is 5.32 Å². The van der Waals surface area contributed by atoms with Gasteiger partial charge in [-0.15, -0.1) is 11.3 Å². The van der Waals surface area contributed by atoms with Gasteiger partial charge in [0, 0.05) is 35.2 Å². The van der Waals surface area contributed by atoms with Crippen molar-refractivity contribution in [3.63, 3.8) is 0 Å². The molecule has 4 rings (SSSR count). The number of amides is 1. The lowest BCUT2D eigenvalue weighted by atomic mass is 10.2. The number of hydrogen-bond acceptors (Lipinski definition) is 6. The predicted octanol–water partition coefficient (Wildman–Crippen LogP) is 5.00. The van der Waals surface area contributed by atoms with Crippen LogP contribution in [0.25, 0.3) is 22.5 Å². The highest BCUT2D eigenvalue weighted by atomic mass is 32.1. The Morgan fingerprint density at radius 1 is 1.19 bits per heavy atom. The molecule has 2 heterocycles. The maximum atomic E-state index is 13.2. The van der Waals surface area contributed by atoms with Gasteiger partial charge in [0.05, 0.1) is 16.3 Å². The van der Waals surface area contributed by atoms with Gasteiger partial charge >= 0.3 is 0 Å². The second-order valence-electron chi connectivity index (χ2n) is 6.78. The zero-order chi connectivity index (χ0) is 22.7. The zero-order valence-electron chi connectivity index (χ0n) is 16.7. The van der Waals surface area contributed by atoms with E-state index in [1.165, 1.54) is 46.4 Å². The number of hydrogen-bond donors (Lipinski definition) is 1. The van der Waals surface area contributed by atoms with Crippen molar-refractivity contribution in [2.45, 2.75) is 6.92 Å². The summed E-state index contributed by atoms with van der Waals surface area (Å²) in [7, 11) is 0. The topological polar surface area (TPSA) is 103 Å². The second-order valence-corrected chi connectivity index (χ2v) is 7.61. The molecule has 4 aromatic rings. The van der Waals surface area contributed by atoms with Crippen molar-refractivity contribution < 1.29 is 14.1 Å². The number of thiazole rings is 1. The summed E-state index contributed by atoms with van der Waals surface area (Å²) in [5.41, 5.74) is 2.77. The summed E-state index contributed by atoms with van der Waals surface area (Å²) in [5.74, 6) is -0.264. The van der Waals surface area contributed by atoms with Crippen LogP contribution in [0.2, 0.25) is 0 Å². The first-order valence-electron chi connectivity index (χ1n) is 9.41. The minimum atomic E-state index is -0.482. The molecule has 160 valence electrons. The Morgan fingerprint density at radius 2 is 1.91 bits per heavy atom. The van der Waals surface area contributed by atoms with Crippen LogP contribution in [0.1, 0.15) is 11.3 Å². The molecule has 0 aliphatic heterocycles. The van der Waals surface area contributed by atoms with Gasteiger partial charge in [-0.25, -0.2) is 9.37 Å². The lowest BCUT2D eigenvalue weighted by Gasteiger charge is -2.04. The summed E-state index contributed by atoms with van der Waals surface area (Å²) in [5, 5.41) is 20.3. The molecule has 8 nitrogen and oxygen atoms in total. The first-order chi connectivity index (χ1) is 15.4. The summed E-state index contributed by atoms with van der Waals surface area (Å²) < 4.78 is 14.7. The van der Waals surface area contributed by atoms with E-state index in [0.29, 0.717) is 27.9 Å². The van der Waals surface area contributed by atoms with E-state index in [-0.39, 0.29) is 17.4 Å². The minimum absolute atomic E-state index is 0.0190. The highest BCUT2D eigenvalue weighted by Crippen LogP contribution is 2.26. The second kappa shape index (κ2) is 8.90. The molecule has 32 heavy (non-hydrogen) atoms. The van der Waals surface area contributed by atoms with E-state index in [0.717, 1.165) is 5.56 Å². The van der Waals surface area contributed by atoms with Crippen LogP contribution < -0.4 is 5.32 Å². The molecule has 1 amide bonds. The molecule has 2 aromatic heterocycles. The maximum absolute atomic E-state index is 13.2. The number of nitrogens with one attached hydrogen (secondary N) is 1. The Bertz CT molecular complexity index is 1310. The molecule has 0 saturated heterocycles. The van der Waals surface area contributed by atoms with Crippen LogP contribution in [0.5, 0.6) is 0 Å². The number of carbonyl (C=O) groups is 1. The van der Waals surface area contributed by atoms with Crippen LogP contribution in [0.3, 0.4) is 0 Å². The van der Waals surface area contributed by atoms with E-state index < -0.39 is 4.92 Å². The Labute approximate surface area is 185 Å². The number of non-ortho nitro benzene ring substituents is 1. The third-order valence-electron chi connectivity index (χ3n) is 4.43. The van der Waals surface area contributed by atoms with Gasteiger partial charge in [-0.1, -0.05) is 0 Å². The molecule has 0 saturated carbocycles. The van der Waals surface area contributed by atoms with Gasteiger partial charge in [-0.2, -0.15) is 9.78 Å². The average Bonchev–Trinajstić information content (AvgIpc) is 3.40. The van der Waals surface area contributed by atoms with Crippen molar-refractivity contribution in [2.24, 2.45) is 0 Å². The van der Waals surface area contributed by atoms with Crippen LogP contribution in [0, 0.1) is 22.9 Å². The number of nitro benzene ring substituents is 1. The molecule has 0 aliphatic rings. The van der Waals surface area contributed by atoms with Crippen molar-refractivity contribution in [3.8, 4) is 16.4 Å². The molecule has 0 aliphatic carbocycles. The molecular formula is C22H16FN5O3S. The number of rotatable bonds is 6. The van der Waals surface area contributed by atoms with Crippen molar-refractivity contribution >= 4 is 34.8 Å². The van der Waals surface area contributed by atoms with Gasteiger partial charge in [0.1, 0.15) is 11.6 Å². The molecule has 2 aromatic carbocycles. The normalized spacial score (nSPS) is 11.1. The number of nitro groups is 1. The molecule has 0 fully saturated rings. The number of aromatic nitrogens is 3. The third-order valence-corrected chi connectivity index (χ3v) is 5.24. The van der Waals surface area contributed by atoms with Gasteiger partial charge < -0.3 is 5.32 Å². The minimum Gasteiger partial charge on any atom is -0.307 e. The lowest BCUT2D eigenvalue weighted by Crippen LogP contribution is -2.12. The number of aryl methyl sites for hydroxylation is 1. The molecule has 0 unspecified atom stereocenters. The third kappa shape index (κ3) is 4.76. The Morgan fingerprint density at radius 3 is 2.59 bits per heavy atom. The van der Waals surface area contributed by atoms with E-state index in [4.69, 9.17) is 0 Å². The smallest absolute Gasteiger partial charge is 0.269 e. The number of nitrogens with zero attached hydrogens (tertiary/aromatic N) is 4. The highest BCUT2D eigenvalue weighted by molar-refractivity contribution is 7.12. The van der Waals surface area contributed by atoms with Crippen LogP contribution >= 0.6 is 11.3 Å². The molecule has 0 atom stereocenters. The summed E-state index contributed by atoms with van der Waals surface area (Å²) >= 11 is 1.34. The summed E-state index contributed by atoms with van der Waals surface area (Å²) in [6.07, 6.45) is 2.89. The maximum Gasteiger partial charge on any atom is 0.269 e. The van der Waals surface area contributed by atoms with Crippen LogP contribution in [-0.4, -0.2) is 25.6 Å². The zero-order valence-corrected chi connectivity index (χ0v) is 17.5. The SMILES string of the molecule is Cc1cc(NC(=O)C=Cc2ccc([N+](=O)[O-])cc2)n(-c2nc(-c3ccc(F)cc3)cs2)n1. The van der Waals surface area contributed by atoms with Crippen molar-refractivity contribution in [1.82, 2.24) is 14.8 Å². The molecule has 1 N–H and O–H groups in total. The van der Waals surface area contributed by atoms with E-state index in [2.05, 4.69) is 15.4 Å². The first-order valence-corrected chi connectivity index (χ1v) is 10.3. The van der Waals surface area contributed by atoms with Crippen LogP contribution in [0.4, 0.5) is 15.9 Å².